The van der Waals surface area contributed by atoms with E-state index in [0.717, 1.165) is 15.8 Å². The summed E-state index contributed by atoms with van der Waals surface area (Å²) in [6.07, 6.45) is 0. The van der Waals surface area contributed by atoms with Gasteiger partial charge in [0.1, 0.15) is 0 Å². The quantitative estimate of drug-likeness (QED) is 0.769. The number of carbonyl (C=O) groups is 1. The molecule has 0 saturated heterocycles. The second-order valence-corrected chi connectivity index (χ2v) is 7.65. The zero-order chi connectivity index (χ0) is 16.4. The Hall–Kier alpha value is -2.20. The van der Waals surface area contributed by atoms with Crippen LogP contribution in [0.1, 0.15) is 41.7 Å². The number of amides is 1. The summed E-state index contributed by atoms with van der Waals surface area (Å²) >= 11 is 1.42. The number of hydrogen-bond acceptors (Lipinski definition) is 3. The maximum atomic E-state index is 12.3. The first-order chi connectivity index (χ1) is 10.9. The highest BCUT2D eigenvalue weighted by atomic mass is 32.1. The van der Waals surface area contributed by atoms with Gasteiger partial charge in [-0.3, -0.25) is 4.79 Å². The molecular formula is C19H20N2OS. The molecule has 0 saturated carbocycles. The fourth-order valence-electron chi connectivity index (χ4n) is 2.35. The van der Waals surface area contributed by atoms with Crippen molar-refractivity contribution in [2.24, 2.45) is 0 Å². The third-order valence-corrected chi connectivity index (χ3v) is 4.80. The van der Waals surface area contributed by atoms with Crippen LogP contribution < -0.4 is 5.32 Å². The number of fused-ring (bicyclic) bond motifs is 1. The molecule has 23 heavy (non-hydrogen) atoms. The lowest BCUT2D eigenvalue weighted by Crippen LogP contribution is -2.22. The standard InChI is InChI=1S/C19H20N2OS/c1-19(2,3)14-10-8-13(9-11-14)12-20-17(22)18-21-15-6-4-5-7-16(15)23-18/h4-11H,12H2,1-3H3,(H,20,22). The van der Waals surface area contributed by atoms with E-state index in [1.54, 1.807) is 0 Å². The van der Waals surface area contributed by atoms with E-state index in [4.69, 9.17) is 0 Å². The SMILES string of the molecule is CC(C)(C)c1ccc(CNC(=O)c2nc3ccccc3s2)cc1. The summed E-state index contributed by atoms with van der Waals surface area (Å²) in [6.45, 7) is 7.09. The number of thiazole rings is 1. The van der Waals surface area contributed by atoms with E-state index in [1.807, 2.05) is 24.3 Å². The summed E-state index contributed by atoms with van der Waals surface area (Å²) in [4.78, 5) is 16.6. The van der Waals surface area contributed by atoms with Gasteiger partial charge >= 0.3 is 0 Å². The number of carbonyl (C=O) groups excluding carboxylic acids is 1. The minimum Gasteiger partial charge on any atom is -0.346 e. The Labute approximate surface area is 140 Å². The van der Waals surface area contributed by atoms with Gasteiger partial charge in [-0.15, -0.1) is 11.3 Å². The second-order valence-electron chi connectivity index (χ2n) is 6.62. The molecule has 0 radical (unpaired) electrons. The maximum absolute atomic E-state index is 12.3. The van der Waals surface area contributed by atoms with Crippen molar-refractivity contribution < 1.29 is 4.79 Å². The lowest BCUT2D eigenvalue weighted by atomic mass is 9.87. The Kier molecular flexibility index (Phi) is 4.18. The van der Waals surface area contributed by atoms with Gasteiger partial charge in [0.2, 0.25) is 0 Å². The van der Waals surface area contributed by atoms with E-state index in [1.165, 1.54) is 16.9 Å². The van der Waals surface area contributed by atoms with Gasteiger partial charge in [-0.2, -0.15) is 0 Å². The third-order valence-electron chi connectivity index (χ3n) is 3.76. The van der Waals surface area contributed by atoms with Crippen molar-refractivity contribution in [3.05, 3.63) is 64.7 Å². The van der Waals surface area contributed by atoms with Crippen LogP contribution in [0.3, 0.4) is 0 Å². The Balaban J connectivity index is 1.66. The number of benzene rings is 2. The van der Waals surface area contributed by atoms with Crippen molar-refractivity contribution >= 4 is 27.5 Å². The van der Waals surface area contributed by atoms with E-state index in [2.05, 4.69) is 55.3 Å². The van der Waals surface area contributed by atoms with E-state index in [0.29, 0.717) is 11.6 Å². The zero-order valence-electron chi connectivity index (χ0n) is 13.6. The van der Waals surface area contributed by atoms with Crippen molar-refractivity contribution in [1.82, 2.24) is 10.3 Å². The summed E-state index contributed by atoms with van der Waals surface area (Å²) in [5.74, 6) is -0.119. The average molecular weight is 324 g/mol. The highest BCUT2D eigenvalue weighted by Crippen LogP contribution is 2.23. The molecule has 0 fully saturated rings. The molecule has 3 aromatic rings. The molecule has 0 aliphatic heterocycles. The first-order valence-corrected chi connectivity index (χ1v) is 8.48. The Morgan fingerprint density at radius 1 is 1.09 bits per heavy atom. The Morgan fingerprint density at radius 2 is 1.78 bits per heavy atom. The molecule has 0 unspecified atom stereocenters. The predicted molar refractivity (Wildman–Crippen MR) is 95.9 cm³/mol. The van der Waals surface area contributed by atoms with Crippen LogP contribution in [0.4, 0.5) is 0 Å². The molecule has 4 heteroatoms. The Morgan fingerprint density at radius 3 is 2.43 bits per heavy atom. The number of nitrogens with one attached hydrogen (secondary N) is 1. The van der Waals surface area contributed by atoms with Crippen LogP contribution >= 0.6 is 11.3 Å². The molecule has 3 rings (SSSR count). The fraction of sp³-hybridized carbons (Fsp3) is 0.263. The summed E-state index contributed by atoms with van der Waals surface area (Å²) in [6, 6.07) is 16.2. The van der Waals surface area contributed by atoms with Gasteiger partial charge in [0, 0.05) is 6.54 Å². The summed E-state index contributed by atoms with van der Waals surface area (Å²) in [5, 5.41) is 3.45. The molecule has 2 aromatic carbocycles. The van der Waals surface area contributed by atoms with Gasteiger partial charge in [0.25, 0.3) is 5.91 Å². The van der Waals surface area contributed by atoms with E-state index in [-0.39, 0.29) is 11.3 Å². The maximum Gasteiger partial charge on any atom is 0.280 e. The number of nitrogens with zero attached hydrogens (tertiary/aromatic N) is 1. The van der Waals surface area contributed by atoms with Gasteiger partial charge in [-0.1, -0.05) is 57.2 Å². The van der Waals surface area contributed by atoms with Crippen molar-refractivity contribution in [3.63, 3.8) is 0 Å². The van der Waals surface area contributed by atoms with Gasteiger partial charge in [-0.05, 0) is 28.7 Å². The van der Waals surface area contributed by atoms with Crippen molar-refractivity contribution in [2.45, 2.75) is 32.7 Å². The normalized spacial score (nSPS) is 11.6. The van der Waals surface area contributed by atoms with Crippen LogP contribution in [0.2, 0.25) is 0 Å². The van der Waals surface area contributed by atoms with Gasteiger partial charge in [0.15, 0.2) is 5.01 Å². The summed E-state index contributed by atoms with van der Waals surface area (Å²) < 4.78 is 1.03. The zero-order valence-corrected chi connectivity index (χ0v) is 14.4. The fourth-order valence-corrected chi connectivity index (χ4v) is 3.23. The summed E-state index contributed by atoms with van der Waals surface area (Å²) in [7, 11) is 0. The number of aromatic nitrogens is 1. The second kappa shape index (κ2) is 6.13. The van der Waals surface area contributed by atoms with Crippen LogP contribution in [0.5, 0.6) is 0 Å². The lowest BCUT2D eigenvalue weighted by molar-refractivity contribution is 0.0950. The molecular weight excluding hydrogens is 304 g/mol. The van der Waals surface area contributed by atoms with Crippen molar-refractivity contribution in [3.8, 4) is 0 Å². The number of hydrogen-bond donors (Lipinski definition) is 1. The van der Waals surface area contributed by atoms with Crippen LogP contribution in [0.25, 0.3) is 10.2 Å². The molecule has 0 aliphatic carbocycles. The lowest BCUT2D eigenvalue weighted by Gasteiger charge is -2.19. The third kappa shape index (κ3) is 3.59. The minimum absolute atomic E-state index is 0.119. The smallest absolute Gasteiger partial charge is 0.280 e. The van der Waals surface area contributed by atoms with Crippen LogP contribution in [-0.4, -0.2) is 10.9 Å². The van der Waals surface area contributed by atoms with Crippen molar-refractivity contribution in [2.75, 3.05) is 0 Å². The van der Waals surface area contributed by atoms with Crippen LogP contribution in [-0.2, 0) is 12.0 Å². The number of rotatable bonds is 3. The van der Waals surface area contributed by atoms with Crippen LogP contribution in [0.15, 0.2) is 48.5 Å². The summed E-state index contributed by atoms with van der Waals surface area (Å²) in [5.41, 5.74) is 3.39. The Bertz CT molecular complexity index is 795. The largest absolute Gasteiger partial charge is 0.346 e. The molecule has 0 spiro atoms. The molecule has 3 nitrogen and oxygen atoms in total. The first-order valence-electron chi connectivity index (χ1n) is 7.67. The minimum atomic E-state index is -0.119. The van der Waals surface area contributed by atoms with E-state index < -0.39 is 0 Å². The van der Waals surface area contributed by atoms with Gasteiger partial charge < -0.3 is 5.32 Å². The number of para-hydroxylation sites is 1. The van der Waals surface area contributed by atoms with Crippen LogP contribution in [0, 0.1) is 0 Å². The average Bonchev–Trinajstić information content (AvgIpc) is 2.96. The van der Waals surface area contributed by atoms with Crippen molar-refractivity contribution in [1.29, 1.82) is 0 Å². The molecule has 0 aliphatic rings. The topological polar surface area (TPSA) is 42.0 Å². The highest BCUT2D eigenvalue weighted by molar-refractivity contribution is 7.20. The van der Waals surface area contributed by atoms with E-state index in [9.17, 15) is 4.79 Å². The van der Waals surface area contributed by atoms with E-state index >= 15 is 0 Å². The molecule has 118 valence electrons. The molecule has 1 amide bonds. The monoisotopic (exact) mass is 324 g/mol. The molecule has 1 N–H and O–H groups in total. The highest BCUT2D eigenvalue weighted by Gasteiger charge is 2.14. The molecule has 0 bridgehead atoms. The first kappa shape index (κ1) is 15.7. The van der Waals surface area contributed by atoms with Gasteiger partial charge in [-0.25, -0.2) is 4.98 Å². The van der Waals surface area contributed by atoms with Gasteiger partial charge in [0.05, 0.1) is 10.2 Å². The molecule has 1 heterocycles. The predicted octanol–water partition coefficient (Wildman–Crippen LogP) is 4.52. The molecule has 0 atom stereocenters. The molecule has 1 aromatic heterocycles.